The molecular formula is C12H10N6O. The number of fused-ring (bicyclic) bond motifs is 1. The van der Waals surface area contributed by atoms with Gasteiger partial charge in [0.2, 0.25) is 0 Å². The average Bonchev–Trinajstić information content (AvgIpc) is 2.90. The number of aromatic nitrogens is 4. The highest BCUT2D eigenvalue weighted by atomic mass is 16.4. The van der Waals surface area contributed by atoms with Crippen LogP contribution in [0.3, 0.4) is 0 Å². The van der Waals surface area contributed by atoms with E-state index >= 15 is 0 Å². The lowest BCUT2D eigenvalue weighted by Gasteiger charge is -2.01. The molecule has 3 aromatic rings. The summed E-state index contributed by atoms with van der Waals surface area (Å²) in [5.41, 5.74) is 8.92. The minimum Gasteiger partial charge on any atom is -0.409 e. The summed E-state index contributed by atoms with van der Waals surface area (Å²) < 4.78 is 0. The second-order valence-electron chi connectivity index (χ2n) is 3.89. The molecule has 0 aliphatic heterocycles. The van der Waals surface area contributed by atoms with Crippen molar-refractivity contribution in [3.05, 3.63) is 42.2 Å². The number of oxime groups is 1. The Morgan fingerprint density at radius 3 is 3.00 bits per heavy atom. The fraction of sp³-hybridized carbons (Fsp3) is 0. The fourth-order valence-corrected chi connectivity index (χ4v) is 1.81. The van der Waals surface area contributed by atoms with Gasteiger partial charge in [0.25, 0.3) is 0 Å². The van der Waals surface area contributed by atoms with E-state index in [4.69, 9.17) is 10.9 Å². The van der Waals surface area contributed by atoms with Crippen LogP contribution in [0.1, 0.15) is 5.56 Å². The number of nitrogens with one attached hydrogen (secondary N) is 1. The Hall–Kier alpha value is -2.96. The lowest BCUT2D eigenvalue weighted by molar-refractivity contribution is 0.318. The standard InChI is InChI=1S/C12H10N6O/c13-12(18-19)7-3-5-14-9(6-7)11-10-8(16-17-11)2-1-4-15-10/h1-6,19H,(H2,13,18)(H,16,17). The Kier molecular flexibility index (Phi) is 2.57. The molecule has 7 nitrogen and oxygen atoms in total. The fourth-order valence-electron chi connectivity index (χ4n) is 1.81. The van der Waals surface area contributed by atoms with E-state index in [1.807, 2.05) is 12.1 Å². The van der Waals surface area contributed by atoms with Crippen molar-refractivity contribution in [3.8, 4) is 11.4 Å². The Morgan fingerprint density at radius 1 is 1.26 bits per heavy atom. The number of rotatable bonds is 2. The zero-order chi connectivity index (χ0) is 13.2. The molecule has 0 radical (unpaired) electrons. The SMILES string of the molecule is N/C(=N\O)c1ccnc(-c2n[nH]c3cccnc23)c1. The minimum atomic E-state index is 0.0245. The maximum Gasteiger partial charge on any atom is 0.170 e. The van der Waals surface area contributed by atoms with Gasteiger partial charge in [-0.2, -0.15) is 5.10 Å². The average molecular weight is 254 g/mol. The number of nitrogens with zero attached hydrogens (tertiary/aromatic N) is 4. The van der Waals surface area contributed by atoms with Crippen LogP contribution in [-0.2, 0) is 0 Å². The maximum absolute atomic E-state index is 8.69. The zero-order valence-corrected chi connectivity index (χ0v) is 9.78. The van der Waals surface area contributed by atoms with Crippen molar-refractivity contribution in [3.63, 3.8) is 0 Å². The first kappa shape index (κ1) is 11.1. The van der Waals surface area contributed by atoms with Crippen LogP contribution in [0.4, 0.5) is 0 Å². The molecule has 3 heterocycles. The van der Waals surface area contributed by atoms with E-state index in [9.17, 15) is 0 Å². The molecule has 4 N–H and O–H groups in total. The van der Waals surface area contributed by atoms with Gasteiger partial charge in [0.1, 0.15) is 11.2 Å². The highest BCUT2D eigenvalue weighted by Crippen LogP contribution is 2.22. The number of pyridine rings is 2. The summed E-state index contributed by atoms with van der Waals surface area (Å²) in [7, 11) is 0. The third-order valence-electron chi connectivity index (χ3n) is 2.73. The van der Waals surface area contributed by atoms with Crippen LogP contribution in [0.2, 0.25) is 0 Å². The van der Waals surface area contributed by atoms with Crippen LogP contribution in [0.25, 0.3) is 22.4 Å². The van der Waals surface area contributed by atoms with Gasteiger partial charge in [0, 0.05) is 18.0 Å². The van der Waals surface area contributed by atoms with Crippen molar-refractivity contribution in [2.24, 2.45) is 10.9 Å². The van der Waals surface area contributed by atoms with Crippen molar-refractivity contribution in [2.45, 2.75) is 0 Å². The molecule has 19 heavy (non-hydrogen) atoms. The molecule has 0 aliphatic carbocycles. The van der Waals surface area contributed by atoms with E-state index in [1.54, 1.807) is 24.5 Å². The number of aromatic amines is 1. The smallest absolute Gasteiger partial charge is 0.170 e. The Morgan fingerprint density at radius 2 is 2.16 bits per heavy atom. The Balaban J connectivity index is 2.17. The van der Waals surface area contributed by atoms with E-state index < -0.39 is 0 Å². The predicted molar refractivity (Wildman–Crippen MR) is 69.6 cm³/mol. The summed E-state index contributed by atoms with van der Waals surface area (Å²) in [6.45, 7) is 0. The summed E-state index contributed by atoms with van der Waals surface area (Å²) in [4.78, 5) is 8.50. The van der Waals surface area contributed by atoms with Gasteiger partial charge in [0.05, 0.1) is 11.2 Å². The summed E-state index contributed by atoms with van der Waals surface area (Å²) in [6, 6.07) is 7.05. The molecule has 0 saturated heterocycles. The van der Waals surface area contributed by atoms with E-state index in [0.717, 1.165) is 11.0 Å². The summed E-state index contributed by atoms with van der Waals surface area (Å²) >= 11 is 0. The quantitative estimate of drug-likeness (QED) is 0.274. The third kappa shape index (κ3) is 1.86. The highest BCUT2D eigenvalue weighted by molar-refractivity contribution is 5.98. The summed E-state index contributed by atoms with van der Waals surface area (Å²) in [5.74, 6) is 0.0245. The van der Waals surface area contributed by atoms with Crippen molar-refractivity contribution >= 4 is 16.9 Å². The van der Waals surface area contributed by atoms with Crippen LogP contribution in [-0.4, -0.2) is 31.2 Å². The molecule has 0 amide bonds. The molecule has 7 heteroatoms. The maximum atomic E-state index is 8.69. The number of hydrogen-bond donors (Lipinski definition) is 3. The number of H-pyrrole nitrogens is 1. The van der Waals surface area contributed by atoms with Crippen LogP contribution in [0, 0.1) is 0 Å². The van der Waals surface area contributed by atoms with Crippen molar-refractivity contribution in [1.29, 1.82) is 0 Å². The van der Waals surface area contributed by atoms with Gasteiger partial charge in [-0.25, -0.2) is 0 Å². The predicted octanol–water partition coefficient (Wildman–Crippen LogP) is 1.11. The normalized spacial score (nSPS) is 11.9. The van der Waals surface area contributed by atoms with Crippen molar-refractivity contribution < 1.29 is 5.21 Å². The van der Waals surface area contributed by atoms with Crippen LogP contribution >= 0.6 is 0 Å². The molecule has 0 bridgehead atoms. The van der Waals surface area contributed by atoms with E-state index in [2.05, 4.69) is 25.3 Å². The van der Waals surface area contributed by atoms with Crippen LogP contribution in [0.15, 0.2) is 41.8 Å². The molecule has 94 valence electrons. The van der Waals surface area contributed by atoms with Crippen molar-refractivity contribution in [1.82, 2.24) is 20.2 Å². The van der Waals surface area contributed by atoms with Gasteiger partial charge in [-0.1, -0.05) is 5.16 Å². The number of amidine groups is 1. The zero-order valence-electron chi connectivity index (χ0n) is 9.78. The first-order chi connectivity index (χ1) is 9.29. The van der Waals surface area contributed by atoms with Gasteiger partial charge >= 0.3 is 0 Å². The van der Waals surface area contributed by atoms with Crippen LogP contribution < -0.4 is 5.73 Å². The molecule has 0 spiro atoms. The topological polar surface area (TPSA) is 113 Å². The Labute approximate surface area is 107 Å². The lowest BCUT2D eigenvalue weighted by atomic mass is 10.1. The number of hydrogen-bond acceptors (Lipinski definition) is 5. The summed E-state index contributed by atoms with van der Waals surface area (Å²) in [5, 5.41) is 18.7. The minimum absolute atomic E-state index is 0.0245. The molecule has 0 aliphatic rings. The molecule has 0 saturated carbocycles. The van der Waals surface area contributed by atoms with E-state index in [0.29, 0.717) is 17.0 Å². The number of nitrogens with two attached hydrogens (primary N) is 1. The molecular weight excluding hydrogens is 244 g/mol. The van der Waals surface area contributed by atoms with E-state index in [-0.39, 0.29) is 5.84 Å². The largest absolute Gasteiger partial charge is 0.409 e. The monoisotopic (exact) mass is 254 g/mol. The second-order valence-corrected chi connectivity index (χ2v) is 3.89. The molecule has 0 unspecified atom stereocenters. The van der Waals surface area contributed by atoms with Crippen LogP contribution in [0.5, 0.6) is 0 Å². The first-order valence-electron chi connectivity index (χ1n) is 5.53. The molecule has 3 aromatic heterocycles. The third-order valence-corrected chi connectivity index (χ3v) is 2.73. The van der Waals surface area contributed by atoms with Gasteiger partial charge in [-0.3, -0.25) is 15.1 Å². The van der Waals surface area contributed by atoms with E-state index in [1.165, 1.54) is 0 Å². The van der Waals surface area contributed by atoms with Gasteiger partial charge in [-0.05, 0) is 24.3 Å². The highest BCUT2D eigenvalue weighted by Gasteiger charge is 2.11. The molecule has 3 rings (SSSR count). The molecule has 0 atom stereocenters. The van der Waals surface area contributed by atoms with Gasteiger partial charge in [-0.15, -0.1) is 0 Å². The summed E-state index contributed by atoms with van der Waals surface area (Å²) in [6.07, 6.45) is 3.26. The van der Waals surface area contributed by atoms with Gasteiger partial charge < -0.3 is 10.9 Å². The first-order valence-corrected chi connectivity index (χ1v) is 5.53. The van der Waals surface area contributed by atoms with Gasteiger partial charge in [0.15, 0.2) is 5.84 Å². The molecule has 0 fully saturated rings. The van der Waals surface area contributed by atoms with Crippen molar-refractivity contribution in [2.75, 3.05) is 0 Å². The lowest BCUT2D eigenvalue weighted by Crippen LogP contribution is -2.13. The Bertz CT molecular complexity index is 764. The molecule has 0 aromatic carbocycles. The second kappa shape index (κ2) is 4.37.